The summed E-state index contributed by atoms with van der Waals surface area (Å²) in [6.07, 6.45) is 1.99. The number of carbonyl (C=O) groups excluding carboxylic acids is 2. The van der Waals surface area contributed by atoms with Gasteiger partial charge in [0.2, 0.25) is 10.2 Å². The van der Waals surface area contributed by atoms with Gasteiger partial charge in [-0.1, -0.05) is 87.6 Å². The van der Waals surface area contributed by atoms with Gasteiger partial charge < -0.3 is 0 Å². The Kier molecular flexibility index (Phi) is 8.65. The molecule has 2 aromatic carbocycles. The Hall–Kier alpha value is -1.52. The first kappa shape index (κ1) is 21.8. The minimum atomic E-state index is -0.0933. The van der Waals surface area contributed by atoms with Gasteiger partial charge in [0, 0.05) is 9.79 Å². The first-order valence-electron chi connectivity index (χ1n) is 9.55. The molecule has 144 valence electrons. The first-order chi connectivity index (χ1) is 13.0. The Morgan fingerprint density at radius 3 is 1.48 bits per heavy atom. The topological polar surface area (TPSA) is 34.1 Å². The van der Waals surface area contributed by atoms with Crippen LogP contribution in [0.4, 0.5) is 0 Å². The van der Waals surface area contributed by atoms with Crippen LogP contribution in [0.25, 0.3) is 0 Å². The van der Waals surface area contributed by atoms with Crippen LogP contribution in [0.15, 0.2) is 58.3 Å². The van der Waals surface area contributed by atoms with E-state index in [4.69, 9.17) is 0 Å². The van der Waals surface area contributed by atoms with Gasteiger partial charge in [-0.25, -0.2) is 0 Å². The average molecular weight is 401 g/mol. The number of benzene rings is 2. The van der Waals surface area contributed by atoms with Crippen molar-refractivity contribution in [3.63, 3.8) is 0 Å². The molecule has 4 heteroatoms. The quantitative estimate of drug-likeness (QED) is 0.351. The third kappa shape index (κ3) is 6.25. The highest BCUT2D eigenvalue weighted by Crippen LogP contribution is 2.34. The summed E-state index contributed by atoms with van der Waals surface area (Å²) in [5, 5.41) is -0.187. The van der Waals surface area contributed by atoms with Crippen molar-refractivity contribution in [3.8, 4) is 0 Å². The molecule has 0 aliphatic carbocycles. The zero-order valence-electron chi connectivity index (χ0n) is 16.5. The van der Waals surface area contributed by atoms with Crippen LogP contribution in [-0.4, -0.2) is 10.2 Å². The van der Waals surface area contributed by atoms with E-state index >= 15 is 0 Å². The van der Waals surface area contributed by atoms with Crippen LogP contribution in [-0.2, 0) is 9.59 Å². The molecule has 0 fully saturated rings. The van der Waals surface area contributed by atoms with Crippen molar-refractivity contribution in [2.45, 2.75) is 68.6 Å². The lowest BCUT2D eigenvalue weighted by molar-refractivity contribution is -0.117. The second-order valence-corrected chi connectivity index (χ2v) is 9.02. The normalized spacial score (nSPS) is 13.2. The highest BCUT2D eigenvalue weighted by atomic mass is 32.2. The van der Waals surface area contributed by atoms with Crippen molar-refractivity contribution in [3.05, 3.63) is 59.7 Å². The van der Waals surface area contributed by atoms with E-state index in [2.05, 4.69) is 39.8 Å². The van der Waals surface area contributed by atoms with E-state index in [1.54, 1.807) is 0 Å². The monoisotopic (exact) mass is 400 g/mol. The van der Waals surface area contributed by atoms with Gasteiger partial charge in [0.1, 0.15) is 0 Å². The molecule has 2 aromatic rings. The Balaban J connectivity index is 2.03. The van der Waals surface area contributed by atoms with Crippen molar-refractivity contribution < 1.29 is 9.59 Å². The van der Waals surface area contributed by atoms with Crippen LogP contribution in [0.3, 0.4) is 0 Å². The van der Waals surface area contributed by atoms with Crippen LogP contribution in [0, 0.1) is 0 Å². The van der Waals surface area contributed by atoms with Crippen molar-refractivity contribution >= 4 is 33.8 Å². The second-order valence-electron chi connectivity index (χ2n) is 6.82. The summed E-state index contributed by atoms with van der Waals surface area (Å²) in [6, 6.07) is 16.0. The van der Waals surface area contributed by atoms with E-state index in [-0.39, 0.29) is 16.7 Å². The summed E-state index contributed by atoms with van der Waals surface area (Å²) < 4.78 is 0. The van der Waals surface area contributed by atoms with Crippen molar-refractivity contribution in [1.29, 1.82) is 0 Å². The number of thioether (sulfide) groups is 2. The van der Waals surface area contributed by atoms with Crippen LogP contribution >= 0.6 is 23.5 Å². The maximum absolute atomic E-state index is 12.5. The second kappa shape index (κ2) is 10.7. The molecule has 0 aliphatic rings. The third-order valence-corrected chi connectivity index (χ3v) is 6.79. The van der Waals surface area contributed by atoms with Gasteiger partial charge >= 0.3 is 0 Å². The fourth-order valence-electron chi connectivity index (χ4n) is 2.84. The van der Waals surface area contributed by atoms with Crippen molar-refractivity contribution in [2.75, 3.05) is 0 Å². The standard InChI is InChI=1S/C23H28O2S2/c1-5-16(3)18-11-7-9-13-20(18)26-22(24)15-23(25)27-21-14-10-8-12-19(21)17(4)6-2/h7-14,16-17H,5-6,15H2,1-4H3. The van der Waals surface area contributed by atoms with E-state index in [9.17, 15) is 9.59 Å². The molecule has 0 N–H and O–H groups in total. The van der Waals surface area contributed by atoms with Gasteiger partial charge in [-0.3, -0.25) is 9.59 Å². The maximum atomic E-state index is 12.5. The molecule has 27 heavy (non-hydrogen) atoms. The highest BCUT2D eigenvalue weighted by molar-refractivity contribution is 8.15. The van der Waals surface area contributed by atoms with E-state index in [1.807, 2.05) is 36.4 Å². The molecule has 0 spiro atoms. The van der Waals surface area contributed by atoms with Gasteiger partial charge in [-0.2, -0.15) is 0 Å². The molecule has 0 saturated carbocycles. The fraction of sp³-hybridized carbons (Fsp3) is 0.391. The van der Waals surface area contributed by atoms with E-state index in [1.165, 1.54) is 34.7 Å². The summed E-state index contributed by atoms with van der Waals surface area (Å²) in [5.74, 6) is 0.794. The molecule has 0 aliphatic heterocycles. The average Bonchev–Trinajstić information content (AvgIpc) is 2.67. The molecule has 2 atom stereocenters. The van der Waals surface area contributed by atoms with Gasteiger partial charge in [0.05, 0.1) is 6.42 Å². The SMILES string of the molecule is CCC(C)c1ccccc1SC(=O)CC(=O)Sc1ccccc1C(C)CC. The number of carbonyl (C=O) groups is 2. The van der Waals surface area contributed by atoms with Gasteiger partial charge in [0.15, 0.2) is 0 Å². The predicted octanol–water partition coefficient (Wildman–Crippen LogP) is 7.04. The molecule has 0 aromatic heterocycles. The lowest BCUT2D eigenvalue weighted by atomic mass is 9.99. The van der Waals surface area contributed by atoms with Crippen LogP contribution in [0.5, 0.6) is 0 Å². The zero-order chi connectivity index (χ0) is 19.8. The van der Waals surface area contributed by atoms with Gasteiger partial charge in [-0.05, 0) is 47.9 Å². The van der Waals surface area contributed by atoms with E-state index < -0.39 is 0 Å². The summed E-state index contributed by atoms with van der Waals surface area (Å²) in [7, 11) is 0. The number of hydrogen-bond acceptors (Lipinski definition) is 4. The van der Waals surface area contributed by atoms with Crippen molar-refractivity contribution in [2.24, 2.45) is 0 Å². The Labute approximate surface area is 171 Å². The highest BCUT2D eigenvalue weighted by Gasteiger charge is 2.18. The summed E-state index contributed by atoms with van der Waals surface area (Å²) >= 11 is 2.39. The minimum absolute atomic E-state index is 0.0565. The van der Waals surface area contributed by atoms with E-state index in [0.717, 1.165) is 22.6 Å². The Morgan fingerprint density at radius 1 is 0.741 bits per heavy atom. The predicted molar refractivity (Wildman–Crippen MR) is 117 cm³/mol. The summed E-state index contributed by atoms with van der Waals surface area (Å²) in [6.45, 7) is 8.61. The van der Waals surface area contributed by atoms with E-state index in [0.29, 0.717) is 11.8 Å². The molecule has 2 unspecified atom stereocenters. The van der Waals surface area contributed by atoms with Crippen molar-refractivity contribution in [1.82, 2.24) is 0 Å². The third-order valence-electron chi connectivity index (χ3n) is 4.86. The molecule has 0 heterocycles. The molecule has 0 amide bonds. The maximum Gasteiger partial charge on any atom is 0.202 e. The zero-order valence-corrected chi connectivity index (χ0v) is 18.2. The fourth-order valence-corrected chi connectivity index (χ4v) is 4.89. The molecule has 0 bridgehead atoms. The molecule has 0 saturated heterocycles. The van der Waals surface area contributed by atoms with Gasteiger partial charge in [-0.15, -0.1) is 0 Å². The molecule has 2 rings (SSSR count). The largest absolute Gasteiger partial charge is 0.286 e. The lowest BCUT2D eigenvalue weighted by Crippen LogP contribution is -2.03. The Morgan fingerprint density at radius 2 is 1.11 bits per heavy atom. The smallest absolute Gasteiger partial charge is 0.202 e. The van der Waals surface area contributed by atoms with Crippen LogP contribution in [0.2, 0.25) is 0 Å². The summed E-state index contributed by atoms with van der Waals surface area (Å²) in [4.78, 5) is 26.9. The van der Waals surface area contributed by atoms with Crippen LogP contribution in [0.1, 0.15) is 69.9 Å². The first-order valence-corrected chi connectivity index (χ1v) is 11.2. The summed E-state index contributed by atoms with van der Waals surface area (Å²) in [5.41, 5.74) is 2.36. The lowest BCUT2D eigenvalue weighted by Gasteiger charge is -2.14. The number of hydrogen-bond donors (Lipinski definition) is 0. The van der Waals surface area contributed by atoms with Crippen LogP contribution < -0.4 is 0 Å². The Bertz CT molecular complexity index is 720. The minimum Gasteiger partial charge on any atom is -0.286 e. The molecule has 0 radical (unpaired) electrons. The molecule has 2 nitrogen and oxygen atoms in total. The molecular weight excluding hydrogens is 372 g/mol. The van der Waals surface area contributed by atoms with Gasteiger partial charge in [0.25, 0.3) is 0 Å². The molecular formula is C23H28O2S2. The number of rotatable bonds is 8.